The van der Waals surface area contributed by atoms with Crippen molar-refractivity contribution in [3.05, 3.63) is 0 Å². The van der Waals surface area contributed by atoms with Crippen LogP contribution in [0.2, 0.25) is 8.87 Å². The molecule has 0 nitrogen and oxygen atoms in total. The summed E-state index contributed by atoms with van der Waals surface area (Å²) in [5.41, 5.74) is 0. The van der Waals surface area contributed by atoms with Crippen molar-refractivity contribution >= 4 is 21.1 Å². The fourth-order valence-corrected chi connectivity index (χ4v) is 2.55. The van der Waals surface area contributed by atoms with Crippen LogP contribution in [0.4, 0.5) is 0 Å². The Morgan fingerprint density at radius 2 is 1.55 bits per heavy atom. The SMILES string of the molecule is [CH3][Sn+2][CH](C)CCCCC(C)C. The van der Waals surface area contributed by atoms with Crippen molar-refractivity contribution in [3.8, 4) is 0 Å². The van der Waals surface area contributed by atoms with Gasteiger partial charge in [-0.25, -0.2) is 0 Å². The van der Waals surface area contributed by atoms with Crippen LogP contribution in [0.3, 0.4) is 0 Å². The predicted octanol–water partition coefficient (Wildman–Crippen LogP) is 3.76. The molecule has 0 radical (unpaired) electrons. The summed E-state index contributed by atoms with van der Waals surface area (Å²) in [6.45, 7) is 7.07. The van der Waals surface area contributed by atoms with Crippen LogP contribution < -0.4 is 0 Å². The molecule has 11 heavy (non-hydrogen) atoms. The van der Waals surface area contributed by atoms with E-state index in [-0.39, 0.29) is 21.1 Å². The van der Waals surface area contributed by atoms with Gasteiger partial charge in [-0.15, -0.1) is 0 Å². The predicted molar refractivity (Wildman–Crippen MR) is 54.3 cm³/mol. The molecule has 0 aromatic heterocycles. The monoisotopic (exact) mass is 262 g/mol. The second-order valence-electron chi connectivity index (χ2n) is 3.87. The number of hydrogen-bond donors (Lipinski definition) is 0. The Kier molecular flexibility index (Phi) is 7.99. The Morgan fingerprint density at radius 1 is 1.00 bits per heavy atom. The topological polar surface area (TPSA) is 0 Å². The van der Waals surface area contributed by atoms with E-state index in [4.69, 9.17) is 0 Å². The van der Waals surface area contributed by atoms with Gasteiger partial charge in [-0.2, -0.15) is 0 Å². The van der Waals surface area contributed by atoms with Crippen LogP contribution in [-0.4, -0.2) is 21.1 Å². The molecule has 0 aliphatic heterocycles. The van der Waals surface area contributed by atoms with Crippen molar-refractivity contribution in [1.82, 2.24) is 0 Å². The van der Waals surface area contributed by atoms with Crippen molar-refractivity contribution in [3.63, 3.8) is 0 Å². The molecule has 0 spiro atoms. The molecule has 0 N–H and O–H groups in total. The fourth-order valence-electron chi connectivity index (χ4n) is 1.15. The van der Waals surface area contributed by atoms with Crippen LogP contribution in [0.15, 0.2) is 0 Å². The molecule has 0 aliphatic rings. The Balaban J connectivity index is 3.01. The average molecular weight is 261 g/mol. The van der Waals surface area contributed by atoms with Crippen LogP contribution in [0.25, 0.3) is 0 Å². The molecular weight excluding hydrogens is 239 g/mol. The van der Waals surface area contributed by atoms with Gasteiger partial charge in [0.05, 0.1) is 0 Å². The van der Waals surface area contributed by atoms with E-state index in [0.717, 1.165) is 9.85 Å². The number of unbranched alkanes of at least 4 members (excludes halogenated alkanes) is 1. The third-order valence-electron chi connectivity index (χ3n) is 2.16. The molecule has 0 amide bonds. The molecule has 0 aliphatic carbocycles. The zero-order valence-electron chi connectivity index (χ0n) is 8.48. The molecular formula is C10H22Sn+2. The Hall–Kier alpha value is 0.799. The summed E-state index contributed by atoms with van der Waals surface area (Å²) in [5.74, 6) is 0.909. The van der Waals surface area contributed by atoms with Crippen molar-refractivity contribution in [2.24, 2.45) is 5.92 Å². The molecule has 1 heteroatoms. The average Bonchev–Trinajstić information content (AvgIpc) is 1.97. The first kappa shape index (κ1) is 11.8. The van der Waals surface area contributed by atoms with Gasteiger partial charge < -0.3 is 0 Å². The Bertz CT molecular complexity index is 78.9. The normalized spacial score (nSPS) is 13.2. The maximum atomic E-state index is 2.45. The quantitative estimate of drug-likeness (QED) is 0.504. The summed E-state index contributed by atoms with van der Waals surface area (Å²) in [7, 11) is 0. The fraction of sp³-hybridized carbons (Fsp3) is 1.00. The van der Waals surface area contributed by atoms with Crippen LogP contribution in [0.1, 0.15) is 46.5 Å². The van der Waals surface area contributed by atoms with Crippen molar-refractivity contribution in [2.45, 2.75) is 55.3 Å². The molecule has 1 atom stereocenters. The molecule has 0 fully saturated rings. The number of rotatable bonds is 6. The summed E-state index contributed by atoms with van der Waals surface area (Å²) in [4.78, 5) is 2.45. The van der Waals surface area contributed by atoms with Crippen LogP contribution >= 0.6 is 0 Å². The Labute approximate surface area is 82.4 Å². The van der Waals surface area contributed by atoms with Gasteiger partial charge in [0.1, 0.15) is 0 Å². The van der Waals surface area contributed by atoms with E-state index >= 15 is 0 Å². The van der Waals surface area contributed by atoms with Crippen molar-refractivity contribution < 1.29 is 0 Å². The van der Waals surface area contributed by atoms with E-state index in [9.17, 15) is 0 Å². The van der Waals surface area contributed by atoms with E-state index in [0.29, 0.717) is 0 Å². The molecule has 0 saturated carbocycles. The summed E-state index contributed by atoms with van der Waals surface area (Å²) < 4.78 is 1.12. The minimum absolute atomic E-state index is 0.0541. The molecule has 1 unspecified atom stereocenters. The zero-order chi connectivity index (χ0) is 8.69. The second-order valence-corrected chi connectivity index (χ2v) is 8.33. The van der Waals surface area contributed by atoms with Crippen LogP contribution in [0.5, 0.6) is 0 Å². The molecule has 0 bridgehead atoms. The first-order valence-electron chi connectivity index (χ1n) is 4.84. The zero-order valence-corrected chi connectivity index (χ0v) is 11.3. The van der Waals surface area contributed by atoms with Gasteiger partial charge in [0, 0.05) is 0 Å². The van der Waals surface area contributed by atoms with Crippen LogP contribution in [-0.2, 0) is 0 Å². The molecule has 64 valence electrons. The molecule has 0 aromatic rings. The van der Waals surface area contributed by atoms with E-state index < -0.39 is 0 Å². The van der Waals surface area contributed by atoms with Gasteiger partial charge in [0.2, 0.25) is 0 Å². The summed E-state index contributed by atoms with van der Waals surface area (Å²) in [6, 6.07) is 0. The minimum atomic E-state index is 0.0541. The first-order chi connectivity index (χ1) is 5.16. The van der Waals surface area contributed by atoms with Gasteiger partial charge >= 0.3 is 82.4 Å². The summed E-state index contributed by atoms with van der Waals surface area (Å²) in [5, 5.41) is 0. The van der Waals surface area contributed by atoms with E-state index in [2.05, 4.69) is 25.7 Å². The van der Waals surface area contributed by atoms with E-state index in [1.54, 1.807) is 0 Å². The molecule has 0 rings (SSSR count). The standard InChI is InChI=1S/C9H19.CH3.Sn/c1-4-5-6-7-8-9(2)3;;/h4,9H,5-8H2,1-3H3;1H3;/q;;+2. The second kappa shape index (κ2) is 7.45. The number of hydrogen-bond acceptors (Lipinski definition) is 0. The van der Waals surface area contributed by atoms with Crippen molar-refractivity contribution in [2.75, 3.05) is 0 Å². The summed E-state index contributed by atoms with van der Waals surface area (Å²) >= 11 is 0.0541. The Morgan fingerprint density at radius 3 is 2.00 bits per heavy atom. The van der Waals surface area contributed by atoms with Gasteiger partial charge in [-0.05, 0) is 0 Å². The third-order valence-corrected chi connectivity index (χ3v) is 5.80. The third kappa shape index (κ3) is 8.71. The maximum absolute atomic E-state index is 2.45. The first-order valence-corrected chi connectivity index (χ1v) is 9.34. The van der Waals surface area contributed by atoms with Crippen LogP contribution in [0, 0.1) is 5.92 Å². The van der Waals surface area contributed by atoms with Gasteiger partial charge in [-0.3, -0.25) is 0 Å². The molecule has 0 heterocycles. The van der Waals surface area contributed by atoms with Crippen molar-refractivity contribution in [1.29, 1.82) is 0 Å². The molecule has 0 aromatic carbocycles. The van der Waals surface area contributed by atoms with E-state index in [1.165, 1.54) is 25.7 Å². The van der Waals surface area contributed by atoms with Gasteiger partial charge in [-0.1, -0.05) is 0 Å². The van der Waals surface area contributed by atoms with Gasteiger partial charge in [0.15, 0.2) is 0 Å². The van der Waals surface area contributed by atoms with E-state index in [1.807, 2.05) is 0 Å². The van der Waals surface area contributed by atoms with Gasteiger partial charge in [0.25, 0.3) is 0 Å². The molecule has 0 saturated heterocycles. The summed E-state index contributed by atoms with van der Waals surface area (Å²) in [6.07, 6.45) is 5.88.